The molecule has 2 heterocycles. The molecule has 0 radical (unpaired) electrons. The van der Waals surface area contributed by atoms with Crippen molar-refractivity contribution in [1.82, 2.24) is 24.9 Å². The van der Waals surface area contributed by atoms with Gasteiger partial charge < -0.3 is 4.74 Å². The van der Waals surface area contributed by atoms with E-state index in [4.69, 9.17) is 4.74 Å². The number of hydrogen-bond acceptors (Lipinski definition) is 6. The summed E-state index contributed by atoms with van der Waals surface area (Å²) in [7, 11) is -3.61. The van der Waals surface area contributed by atoms with Gasteiger partial charge in [0.1, 0.15) is 12.4 Å². The second-order valence-electron chi connectivity index (χ2n) is 5.26. The molecule has 0 aliphatic carbocycles. The van der Waals surface area contributed by atoms with Gasteiger partial charge in [-0.3, -0.25) is 10.1 Å². The summed E-state index contributed by atoms with van der Waals surface area (Å²) in [5.41, 5.74) is 0.767. The standard InChI is InChI=1S/C16H16FN5O3S/c17-13-3-1-2-4-14(13)25-9-10-26(23,24)19-11-15-20-16(22-21-15)12-5-7-18-8-6-12/h1-8,19H,9-11H2,(H,20,21,22). The highest BCUT2D eigenvalue weighted by Crippen LogP contribution is 2.15. The molecular formula is C16H16FN5O3S. The Kier molecular flexibility index (Phi) is 5.54. The lowest BCUT2D eigenvalue weighted by Crippen LogP contribution is -2.29. The second-order valence-corrected chi connectivity index (χ2v) is 7.19. The van der Waals surface area contributed by atoms with Crippen LogP contribution in [0.25, 0.3) is 11.4 Å². The molecule has 0 aliphatic heterocycles. The van der Waals surface area contributed by atoms with Gasteiger partial charge in [0.15, 0.2) is 17.4 Å². The average Bonchev–Trinajstić information content (AvgIpc) is 3.12. The first-order valence-corrected chi connectivity index (χ1v) is 9.35. The summed E-state index contributed by atoms with van der Waals surface area (Å²) in [5.74, 6) is -0.0184. The Balaban J connectivity index is 1.51. The number of para-hydroxylation sites is 1. The fourth-order valence-corrected chi connectivity index (χ4v) is 2.88. The van der Waals surface area contributed by atoms with Crippen molar-refractivity contribution in [3.05, 3.63) is 60.4 Å². The second kappa shape index (κ2) is 8.02. The zero-order chi connectivity index (χ0) is 18.4. The molecule has 0 spiro atoms. The molecule has 0 atom stereocenters. The largest absolute Gasteiger partial charge is 0.489 e. The number of aromatic nitrogens is 4. The normalized spacial score (nSPS) is 11.4. The third kappa shape index (κ3) is 4.83. The maximum atomic E-state index is 13.4. The highest BCUT2D eigenvalue weighted by atomic mass is 32.2. The van der Waals surface area contributed by atoms with E-state index in [9.17, 15) is 12.8 Å². The van der Waals surface area contributed by atoms with Crippen molar-refractivity contribution in [2.24, 2.45) is 0 Å². The Hall–Kier alpha value is -2.85. The molecule has 8 nitrogen and oxygen atoms in total. The summed E-state index contributed by atoms with van der Waals surface area (Å²) < 4.78 is 45.0. The molecular weight excluding hydrogens is 361 g/mol. The van der Waals surface area contributed by atoms with Crippen molar-refractivity contribution in [3.8, 4) is 17.1 Å². The number of hydrogen-bond donors (Lipinski definition) is 2. The number of nitrogens with one attached hydrogen (secondary N) is 2. The summed E-state index contributed by atoms with van der Waals surface area (Å²) >= 11 is 0. The minimum atomic E-state index is -3.61. The first-order chi connectivity index (χ1) is 12.5. The van der Waals surface area contributed by atoms with Crippen molar-refractivity contribution >= 4 is 10.0 Å². The van der Waals surface area contributed by atoms with E-state index in [-0.39, 0.29) is 24.7 Å². The summed E-state index contributed by atoms with van der Waals surface area (Å²) in [4.78, 5) is 8.13. The first kappa shape index (κ1) is 18.0. The lowest BCUT2D eigenvalue weighted by Gasteiger charge is -2.08. The number of aromatic amines is 1. The predicted octanol–water partition coefficient (Wildman–Crippen LogP) is 1.50. The fourth-order valence-electron chi connectivity index (χ4n) is 2.08. The summed E-state index contributed by atoms with van der Waals surface area (Å²) in [5, 5.41) is 6.71. The molecule has 0 saturated carbocycles. The van der Waals surface area contributed by atoms with Gasteiger partial charge in [-0.2, -0.15) is 5.10 Å². The van der Waals surface area contributed by atoms with Crippen LogP contribution in [0.15, 0.2) is 48.8 Å². The Morgan fingerprint density at radius 2 is 1.92 bits per heavy atom. The molecule has 2 aromatic heterocycles. The third-order valence-corrected chi connectivity index (χ3v) is 4.66. The molecule has 0 bridgehead atoms. The Morgan fingerprint density at radius 1 is 1.15 bits per heavy atom. The highest BCUT2D eigenvalue weighted by molar-refractivity contribution is 7.89. The molecule has 0 amide bonds. The molecule has 0 unspecified atom stereocenters. The quantitative estimate of drug-likeness (QED) is 0.616. The Bertz CT molecular complexity index is 963. The third-order valence-electron chi connectivity index (χ3n) is 3.38. The van der Waals surface area contributed by atoms with Gasteiger partial charge in [0.05, 0.1) is 12.3 Å². The maximum absolute atomic E-state index is 13.4. The number of pyridine rings is 1. The van der Waals surface area contributed by atoms with Crippen LogP contribution in [-0.4, -0.2) is 40.9 Å². The number of nitrogens with zero attached hydrogens (tertiary/aromatic N) is 3. The average molecular weight is 377 g/mol. The van der Waals surface area contributed by atoms with E-state index in [1.165, 1.54) is 18.2 Å². The van der Waals surface area contributed by atoms with Crippen LogP contribution < -0.4 is 9.46 Å². The SMILES string of the molecule is O=S(=O)(CCOc1ccccc1F)NCc1nc(-c2ccncc2)n[nH]1. The van der Waals surface area contributed by atoms with E-state index in [2.05, 4.69) is 24.9 Å². The van der Waals surface area contributed by atoms with Gasteiger partial charge in [0.25, 0.3) is 0 Å². The van der Waals surface area contributed by atoms with Crippen LogP contribution in [0, 0.1) is 5.82 Å². The van der Waals surface area contributed by atoms with E-state index in [0.717, 1.165) is 5.56 Å². The zero-order valence-electron chi connectivity index (χ0n) is 13.6. The lowest BCUT2D eigenvalue weighted by atomic mass is 10.2. The van der Waals surface area contributed by atoms with Crippen molar-refractivity contribution in [3.63, 3.8) is 0 Å². The number of benzene rings is 1. The number of rotatable bonds is 8. The molecule has 10 heteroatoms. The van der Waals surface area contributed by atoms with Gasteiger partial charge in [-0.1, -0.05) is 12.1 Å². The van der Waals surface area contributed by atoms with E-state index in [0.29, 0.717) is 11.6 Å². The van der Waals surface area contributed by atoms with Crippen LogP contribution >= 0.6 is 0 Å². The van der Waals surface area contributed by atoms with Crippen molar-refractivity contribution < 1.29 is 17.5 Å². The summed E-state index contributed by atoms with van der Waals surface area (Å²) in [6.07, 6.45) is 3.23. The van der Waals surface area contributed by atoms with Crippen LogP contribution in [0.3, 0.4) is 0 Å². The maximum Gasteiger partial charge on any atom is 0.215 e. The van der Waals surface area contributed by atoms with Crippen molar-refractivity contribution in [1.29, 1.82) is 0 Å². The topological polar surface area (TPSA) is 110 Å². The predicted molar refractivity (Wildman–Crippen MR) is 92.1 cm³/mol. The van der Waals surface area contributed by atoms with Crippen molar-refractivity contribution in [2.75, 3.05) is 12.4 Å². The van der Waals surface area contributed by atoms with Gasteiger partial charge in [-0.25, -0.2) is 22.5 Å². The first-order valence-electron chi connectivity index (χ1n) is 7.70. The van der Waals surface area contributed by atoms with E-state index in [1.54, 1.807) is 30.6 Å². The molecule has 26 heavy (non-hydrogen) atoms. The zero-order valence-corrected chi connectivity index (χ0v) is 14.4. The van der Waals surface area contributed by atoms with Crippen LogP contribution in [0.1, 0.15) is 5.82 Å². The molecule has 0 aliphatic rings. The number of ether oxygens (including phenoxy) is 1. The molecule has 136 valence electrons. The number of halogens is 1. The lowest BCUT2D eigenvalue weighted by molar-refractivity contribution is 0.322. The van der Waals surface area contributed by atoms with Gasteiger partial charge in [0, 0.05) is 18.0 Å². The van der Waals surface area contributed by atoms with Crippen LogP contribution in [-0.2, 0) is 16.6 Å². The van der Waals surface area contributed by atoms with Gasteiger partial charge in [0.2, 0.25) is 10.0 Å². The van der Waals surface area contributed by atoms with E-state index >= 15 is 0 Å². The minimum absolute atomic E-state index is 0.0138. The van der Waals surface area contributed by atoms with Crippen molar-refractivity contribution in [2.45, 2.75) is 6.54 Å². The monoisotopic (exact) mass is 377 g/mol. The molecule has 3 aromatic rings. The smallest absolute Gasteiger partial charge is 0.215 e. The Morgan fingerprint density at radius 3 is 2.69 bits per heavy atom. The van der Waals surface area contributed by atoms with Gasteiger partial charge in [-0.05, 0) is 24.3 Å². The highest BCUT2D eigenvalue weighted by Gasteiger charge is 2.13. The fraction of sp³-hybridized carbons (Fsp3) is 0.188. The summed E-state index contributed by atoms with van der Waals surface area (Å²) in [6.45, 7) is -0.213. The van der Waals surface area contributed by atoms with E-state index in [1.807, 2.05) is 0 Å². The molecule has 1 aromatic carbocycles. The number of H-pyrrole nitrogens is 1. The molecule has 2 N–H and O–H groups in total. The van der Waals surface area contributed by atoms with E-state index < -0.39 is 15.8 Å². The van der Waals surface area contributed by atoms with Crippen LogP contribution in [0.2, 0.25) is 0 Å². The molecule has 0 fully saturated rings. The summed E-state index contributed by atoms with van der Waals surface area (Å²) in [6, 6.07) is 9.30. The van der Waals surface area contributed by atoms with Crippen LogP contribution in [0.4, 0.5) is 4.39 Å². The number of sulfonamides is 1. The van der Waals surface area contributed by atoms with Gasteiger partial charge >= 0.3 is 0 Å². The van der Waals surface area contributed by atoms with Crippen LogP contribution in [0.5, 0.6) is 5.75 Å². The molecule has 0 saturated heterocycles. The minimum Gasteiger partial charge on any atom is -0.489 e. The van der Waals surface area contributed by atoms with Gasteiger partial charge in [-0.15, -0.1) is 0 Å². The molecule has 3 rings (SSSR count). The Labute approximate surface area is 149 Å².